The molecule has 1 unspecified atom stereocenters. The summed E-state index contributed by atoms with van der Waals surface area (Å²) in [5.74, 6) is 0. The molecule has 0 saturated heterocycles. The molecule has 0 radical (unpaired) electrons. The molecule has 1 aromatic carbocycles. The van der Waals surface area contributed by atoms with Gasteiger partial charge in [0.15, 0.2) is 0 Å². The maximum Gasteiger partial charge on any atom is 0.0465 e. The summed E-state index contributed by atoms with van der Waals surface area (Å²) in [5.41, 5.74) is 2.00. The molecule has 96 valence electrons. The van der Waals surface area contributed by atoms with Crippen molar-refractivity contribution >= 4 is 37.4 Å². The van der Waals surface area contributed by atoms with E-state index in [1.807, 2.05) is 11.3 Å². The second kappa shape index (κ2) is 4.97. The zero-order chi connectivity index (χ0) is 12.6. The molecule has 3 rings (SSSR count). The van der Waals surface area contributed by atoms with Gasteiger partial charge in [0.2, 0.25) is 0 Å². The van der Waals surface area contributed by atoms with Crippen molar-refractivity contribution in [1.29, 1.82) is 0 Å². The zero-order valence-corrected chi connectivity index (χ0v) is 13.2. The third-order valence-corrected chi connectivity index (χ3v) is 7.07. The van der Waals surface area contributed by atoms with Crippen LogP contribution < -0.4 is 0 Å². The van der Waals surface area contributed by atoms with Gasteiger partial charge < -0.3 is 0 Å². The summed E-state index contributed by atoms with van der Waals surface area (Å²) < 4.78 is 1.42. The van der Waals surface area contributed by atoms with Crippen molar-refractivity contribution in [1.82, 2.24) is 0 Å². The van der Waals surface area contributed by atoms with Gasteiger partial charge in [-0.05, 0) is 47.1 Å². The molecule has 1 aromatic heterocycles. The molecule has 2 aromatic rings. The van der Waals surface area contributed by atoms with E-state index in [0.717, 1.165) is 0 Å². The SMILES string of the molecule is CCC1(C(Br)c2csc3ccccc23)CCCC1. The molecule has 18 heavy (non-hydrogen) atoms. The Morgan fingerprint density at radius 2 is 2.00 bits per heavy atom. The van der Waals surface area contributed by atoms with Crippen LogP contribution in [0.4, 0.5) is 0 Å². The molecule has 0 bridgehead atoms. The highest BCUT2D eigenvalue weighted by atomic mass is 79.9. The average molecular weight is 323 g/mol. The molecule has 0 nitrogen and oxygen atoms in total. The molecule has 1 aliphatic carbocycles. The second-order valence-electron chi connectivity index (χ2n) is 5.47. The Bertz CT molecular complexity index is 537. The number of halogens is 1. The summed E-state index contributed by atoms with van der Waals surface area (Å²) in [5, 5.41) is 3.81. The Morgan fingerprint density at radius 1 is 1.28 bits per heavy atom. The van der Waals surface area contributed by atoms with Crippen LogP contribution in [0, 0.1) is 5.41 Å². The molecule has 1 atom stereocenters. The number of thiophene rings is 1. The predicted octanol–water partition coefficient (Wildman–Crippen LogP) is 6.31. The first-order valence-electron chi connectivity index (χ1n) is 6.87. The lowest BCUT2D eigenvalue weighted by Gasteiger charge is -2.33. The molecule has 0 N–H and O–H groups in total. The number of fused-ring (bicyclic) bond motifs is 1. The first kappa shape index (κ1) is 12.7. The van der Waals surface area contributed by atoms with E-state index in [1.165, 1.54) is 47.8 Å². The van der Waals surface area contributed by atoms with Crippen LogP contribution in [0.5, 0.6) is 0 Å². The van der Waals surface area contributed by atoms with E-state index < -0.39 is 0 Å². The summed E-state index contributed by atoms with van der Waals surface area (Å²) in [4.78, 5) is 0.522. The smallest absolute Gasteiger partial charge is 0.0465 e. The normalized spacial score (nSPS) is 20.3. The summed E-state index contributed by atoms with van der Waals surface area (Å²) in [6, 6.07) is 8.80. The monoisotopic (exact) mass is 322 g/mol. The summed E-state index contributed by atoms with van der Waals surface area (Å²) in [6.45, 7) is 2.36. The van der Waals surface area contributed by atoms with Crippen LogP contribution in [-0.4, -0.2) is 0 Å². The number of hydrogen-bond donors (Lipinski definition) is 0. The van der Waals surface area contributed by atoms with Gasteiger partial charge in [-0.3, -0.25) is 0 Å². The molecule has 0 amide bonds. The minimum atomic E-state index is 0.490. The quantitative estimate of drug-likeness (QED) is 0.581. The highest BCUT2D eigenvalue weighted by Crippen LogP contribution is 2.55. The van der Waals surface area contributed by atoms with Gasteiger partial charge in [-0.1, -0.05) is 53.9 Å². The van der Waals surface area contributed by atoms with E-state index in [2.05, 4.69) is 52.5 Å². The van der Waals surface area contributed by atoms with Crippen molar-refractivity contribution in [3.05, 3.63) is 35.2 Å². The fourth-order valence-electron chi connectivity index (χ4n) is 3.39. The maximum absolute atomic E-state index is 4.04. The molecule has 0 spiro atoms. The molecule has 1 heterocycles. The fraction of sp³-hybridized carbons (Fsp3) is 0.500. The van der Waals surface area contributed by atoms with E-state index >= 15 is 0 Å². The van der Waals surface area contributed by atoms with Crippen molar-refractivity contribution in [3.63, 3.8) is 0 Å². The Balaban J connectivity index is 2.03. The van der Waals surface area contributed by atoms with Gasteiger partial charge >= 0.3 is 0 Å². The third-order valence-electron chi connectivity index (χ3n) is 4.63. The van der Waals surface area contributed by atoms with Gasteiger partial charge in [0.05, 0.1) is 0 Å². The molecule has 1 aliphatic rings. The van der Waals surface area contributed by atoms with Crippen molar-refractivity contribution in [2.24, 2.45) is 5.41 Å². The largest absolute Gasteiger partial charge is 0.143 e. The maximum atomic E-state index is 4.04. The second-order valence-corrected chi connectivity index (χ2v) is 7.30. The van der Waals surface area contributed by atoms with Crippen LogP contribution >= 0.6 is 27.3 Å². The van der Waals surface area contributed by atoms with Gasteiger partial charge in [0.25, 0.3) is 0 Å². The molecular formula is C16H19BrS. The number of benzene rings is 1. The summed E-state index contributed by atoms with van der Waals surface area (Å²) in [6.07, 6.45) is 6.84. The van der Waals surface area contributed by atoms with Crippen LogP contribution in [0.25, 0.3) is 10.1 Å². The molecule has 1 fully saturated rings. The lowest BCUT2D eigenvalue weighted by Crippen LogP contribution is -2.20. The Morgan fingerprint density at radius 3 is 2.72 bits per heavy atom. The third kappa shape index (κ3) is 1.94. The van der Waals surface area contributed by atoms with Crippen molar-refractivity contribution in [3.8, 4) is 0 Å². The van der Waals surface area contributed by atoms with Crippen molar-refractivity contribution in [2.75, 3.05) is 0 Å². The minimum Gasteiger partial charge on any atom is -0.143 e. The highest BCUT2D eigenvalue weighted by molar-refractivity contribution is 9.09. The van der Waals surface area contributed by atoms with E-state index in [0.29, 0.717) is 10.2 Å². The lowest BCUT2D eigenvalue weighted by molar-refractivity contribution is 0.280. The lowest BCUT2D eigenvalue weighted by atomic mass is 9.77. The predicted molar refractivity (Wildman–Crippen MR) is 84.7 cm³/mol. The number of hydrogen-bond acceptors (Lipinski definition) is 1. The van der Waals surface area contributed by atoms with Crippen LogP contribution in [0.3, 0.4) is 0 Å². The van der Waals surface area contributed by atoms with Gasteiger partial charge in [0.1, 0.15) is 0 Å². The Hall–Kier alpha value is -0.340. The molecule has 2 heteroatoms. The number of alkyl halides is 1. The van der Waals surface area contributed by atoms with E-state index in [1.54, 1.807) is 0 Å². The topological polar surface area (TPSA) is 0 Å². The van der Waals surface area contributed by atoms with Gasteiger partial charge in [0, 0.05) is 9.53 Å². The first-order valence-corrected chi connectivity index (χ1v) is 8.66. The van der Waals surface area contributed by atoms with E-state index in [9.17, 15) is 0 Å². The number of rotatable bonds is 3. The fourth-order valence-corrected chi connectivity index (χ4v) is 5.71. The van der Waals surface area contributed by atoms with Gasteiger partial charge in [-0.25, -0.2) is 0 Å². The highest BCUT2D eigenvalue weighted by Gasteiger charge is 2.39. The van der Waals surface area contributed by atoms with Crippen molar-refractivity contribution in [2.45, 2.75) is 43.9 Å². The molecule has 0 aliphatic heterocycles. The van der Waals surface area contributed by atoms with Gasteiger partial charge in [-0.15, -0.1) is 11.3 Å². The van der Waals surface area contributed by atoms with Crippen LogP contribution in [0.15, 0.2) is 29.6 Å². The Kier molecular flexibility index (Phi) is 3.50. The summed E-state index contributed by atoms with van der Waals surface area (Å²) >= 11 is 5.92. The summed E-state index contributed by atoms with van der Waals surface area (Å²) in [7, 11) is 0. The van der Waals surface area contributed by atoms with Crippen LogP contribution in [0.2, 0.25) is 0 Å². The zero-order valence-electron chi connectivity index (χ0n) is 10.8. The standard InChI is InChI=1S/C16H19BrS/c1-2-16(9-5-6-10-16)15(17)13-11-18-14-8-4-3-7-12(13)14/h3-4,7-8,11,15H,2,5-6,9-10H2,1H3. The first-order chi connectivity index (χ1) is 8.77. The van der Waals surface area contributed by atoms with E-state index in [-0.39, 0.29) is 0 Å². The molecular weight excluding hydrogens is 304 g/mol. The minimum absolute atomic E-state index is 0.490. The van der Waals surface area contributed by atoms with Crippen LogP contribution in [0.1, 0.15) is 49.4 Å². The van der Waals surface area contributed by atoms with Crippen LogP contribution in [-0.2, 0) is 0 Å². The Labute approximate surface area is 122 Å². The average Bonchev–Trinajstić information content (AvgIpc) is 3.05. The van der Waals surface area contributed by atoms with Gasteiger partial charge in [-0.2, -0.15) is 0 Å². The van der Waals surface area contributed by atoms with E-state index in [4.69, 9.17) is 0 Å². The van der Waals surface area contributed by atoms with Crippen molar-refractivity contribution < 1.29 is 0 Å². The molecule has 1 saturated carbocycles.